The molecule has 0 spiro atoms. The number of amides is 2. The van der Waals surface area contributed by atoms with Crippen molar-refractivity contribution in [3.8, 4) is 0 Å². The summed E-state index contributed by atoms with van der Waals surface area (Å²) in [5.41, 5.74) is 0.827. The highest BCUT2D eigenvalue weighted by Gasteiger charge is 2.24. The van der Waals surface area contributed by atoms with Crippen molar-refractivity contribution >= 4 is 17.8 Å². The predicted molar refractivity (Wildman–Crippen MR) is 124 cm³/mol. The van der Waals surface area contributed by atoms with Gasteiger partial charge in [0.15, 0.2) is 0 Å². The van der Waals surface area contributed by atoms with Crippen LogP contribution in [-0.2, 0) is 23.9 Å². The van der Waals surface area contributed by atoms with Crippen LogP contribution in [0.15, 0.2) is 42.5 Å². The molecule has 8 nitrogen and oxygen atoms in total. The zero-order valence-electron chi connectivity index (χ0n) is 19.2. The molecule has 1 fully saturated rings. The standard InChI is InChI=1S/C25H35N3O5/c29-23(26-12-7-13-28-14-16-32-17-15-28)18-21-10-5-2-6-11-24(30)33-22(19-27-25(21)31)20-8-3-1-4-9-20/h1-5,8-9,21-22H,6-7,10-19H2,(H,26,29)(H,27,31)/b5-2+/t21-,22+/m0/s1. The number of hydrogen-bond donors (Lipinski definition) is 2. The number of hydrogen-bond acceptors (Lipinski definition) is 6. The molecule has 2 atom stereocenters. The average Bonchev–Trinajstić information content (AvgIpc) is 2.83. The number of nitrogens with zero attached hydrogens (tertiary/aromatic N) is 1. The summed E-state index contributed by atoms with van der Waals surface area (Å²) in [6.45, 7) is 5.09. The molecule has 0 radical (unpaired) electrons. The van der Waals surface area contributed by atoms with Gasteiger partial charge in [0.25, 0.3) is 0 Å². The summed E-state index contributed by atoms with van der Waals surface area (Å²) in [6.07, 6.45) is 5.47. The second-order valence-electron chi connectivity index (χ2n) is 8.44. The zero-order valence-corrected chi connectivity index (χ0v) is 19.2. The number of morpholine rings is 1. The van der Waals surface area contributed by atoms with Gasteiger partial charge in [-0.15, -0.1) is 0 Å². The van der Waals surface area contributed by atoms with Gasteiger partial charge in [0.05, 0.1) is 25.7 Å². The second-order valence-corrected chi connectivity index (χ2v) is 8.44. The molecule has 33 heavy (non-hydrogen) atoms. The molecule has 3 rings (SSSR count). The molecule has 1 saturated heterocycles. The molecular formula is C25H35N3O5. The molecule has 2 amide bonds. The molecule has 2 aliphatic rings. The Hall–Kier alpha value is -2.71. The number of carbonyl (C=O) groups excluding carboxylic acids is 3. The van der Waals surface area contributed by atoms with Crippen LogP contribution in [0.3, 0.4) is 0 Å². The van der Waals surface area contributed by atoms with Gasteiger partial charge >= 0.3 is 5.97 Å². The maximum atomic E-state index is 12.9. The Balaban J connectivity index is 1.51. The fourth-order valence-corrected chi connectivity index (χ4v) is 3.96. The number of allylic oxidation sites excluding steroid dienone is 2. The fourth-order valence-electron chi connectivity index (χ4n) is 3.96. The number of esters is 1. The first-order valence-electron chi connectivity index (χ1n) is 11.9. The molecule has 8 heteroatoms. The summed E-state index contributed by atoms with van der Waals surface area (Å²) >= 11 is 0. The van der Waals surface area contributed by atoms with Gasteiger partial charge in [-0.25, -0.2) is 0 Å². The third-order valence-electron chi connectivity index (χ3n) is 5.89. The van der Waals surface area contributed by atoms with Crippen LogP contribution < -0.4 is 10.6 Å². The largest absolute Gasteiger partial charge is 0.456 e. The molecule has 0 saturated carbocycles. The summed E-state index contributed by atoms with van der Waals surface area (Å²) in [6, 6.07) is 9.38. The van der Waals surface area contributed by atoms with E-state index in [4.69, 9.17) is 9.47 Å². The number of carbonyl (C=O) groups is 3. The Kier molecular flexibility index (Phi) is 10.4. The third-order valence-corrected chi connectivity index (χ3v) is 5.89. The Bertz CT molecular complexity index is 792. The highest BCUT2D eigenvalue weighted by molar-refractivity contribution is 5.86. The zero-order chi connectivity index (χ0) is 23.3. The van der Waals surface area contributed by atoms with E-state index < -0.39 is 12.0 Å². The van der Waals surface area contributed by atoms with Crippen molar-refractivity contribution in [2.75, 3.05) is 45.9 Å². The van der Waals surface area contributed by atoms with Gasteiger partial charge < -0.3 is 20.1 Å². The Morgan fingerprint density at radius 3 is 2.70 bits per heavy atom. The lowest BCUT2D eigenvalue weighted by molar-refractivity contribution is -0.150. The molecule has 2 N–H and O–H groups in total. The lowest BCUT2D eigenvalue weighted by atomic mass is 9.98. The maximum absolute atomic E-state index is 12.9. The van der Waals surface area contributed by atoms with Crippen molar-refractivity contribution in [2.45, 2.75) is 38.2 Å². The van der Waals surface area contributed by atoms with Gasteiger partial charge in [-0.2, -0.15) is 0 Å². The van der Waals surface area contributed by atoms with Crippen LogP contribution >= 0.6 is 0 Å². The third kappa shape index (κ3) is 8.98. The summed E-state index contributed by atoms with van der Waals surface area (Å²) in [7, 11) is 0. The number of rotatable bonds is 7. The van der Waals surface area contributed by atoms with E-state index in [0.29, 0.717) is 19.4 Å². The summed E-state index contributed by atoms with van der Waals surface area (Å²) < 4.78 is 11.0. The second kappa shape index (κ2) is 13.7. The fraction of sp³-hybridized carbons (Fsp3) is 0.560. The van der Waals surface area contributed by atoms with Gasteiger partial charge in [0, 0.05) is 32.5 Å². The predicted octanol–water partition coefficient (Wildman–Crippen LogP) is 1.97. The molecule has 1 aromatic carbocycles. The Labute approximate surface area is 195 Å². The monoisotopic (exact) mass is 457 g/mol. The highest BCUT2D eigenvalue weighted by Crippen LogP contribution is 2.19. The summed E-state index contributed by atoms with van der Waals surface area (Å²) in [5, 5.41) is 5.83. The van der Waals surface area contributed by atoms with E-state index in [1.807, 2.05) is 42.5 Å². The molecule has 2 aliphatic heterocycles. The number of ether oxygens (including phenoxy) is 2. The first kappa shape index (κ1) is 24.9. The Morgan fingerprint density at radius 2 is 1.91 bits per heavy atom. The smallest absolute Gasteiger partial charge is 0.306 e. The van der Waals surface area contributed by atoms with Gasteiger partial charge in [0.1, 0.15) is 6.10 Å². The van der Waals surface area contributed by atoms with E-state index in [-0.39, 0.29) is 37.2 Å². The molecule has 0 unspecified atom stereocenters. The minimum atomic E-state index is -0.555. The highest BCUT2D eigenvalue weighted by atomic mass is 16.5. The van der Waals surface area contributed by atoms with Gasteiger partial charge in [-0.05, 0) is 31.4 Å². The lowest BCUT2D eigenvalue weighted by Crippen LogP contribution is -2.39. The normalized spacial score (nSPS) is 24.0. The van der Waals surface area contributed by atoms with Crippen LogP contribution in [0.4, 0.5) is 0 Å². The van der Waals surface area contributed by atoms with Gasteiger partial charge in [-0.3, -0.25) is 19.3 Å². The van der Waals surface area contributed by atoms with Crippen LogP contribution in [-0.4, -0.2) is 68.6 Å². The summed E-state index contributed by atoms with van der Waals surface area (Å²) in [4.78, 5) is 39.9. The SMILES string of the molecule is O=C(C[C@@H]1C/C=C/CCC(=O)O[C@@H](c2ccccc2)CNC1=O)NCCCN1CCOCC1. The van der Waals surface area contributed by atoms with Crippen LogP contribution in [0.1, 0.15) is 43.8 Å². The van der Waals surface area contributed by atoms with Crippen molar-refractivity contribution in [1.82, 2.24) is 15.5 Å². The van der Waals surface area contributed by atoms with Gasteiger partial charge in [-0.1, -0.05) is 42.5 Å². The van der Waals surface area contributed by atoms with Crippen LogP contribution in [0.5, 0.6) is 0 Å². The maximum Gasteiger partial charge on any atom is 0.306 e. The van der Waals surface area contributed by atoms with Crippen molar-refractivity contribution < 1.29 is 23.9 Å². The quantitative estimate of drug-likeness (QED) is 0.369. The van der Waals surface area contributed by atoms with Crippen molar-refractivity contribution in [3.63, 3.8) is 0 Å². The number of benzene rings is 1. The van der Waals surface area contributed by atoms with E-state index in [1.54, 1.807) is 0 Å². The van der Waals surface area contributed by atoms with Gasteiger partial charge in [0.2, 0.25) is 11.8 Å². The molecule has 1 aromatic rings. The molecule has 180 valence electrons. The number of nitrogens with one attached hydrogen (secondary N) is 2. The molecule has 0 aromatic heterocycles. The molecular weight excluding hydrogens is 422 g/mol. The Morgan fingerprint density at radius 1 is 1.12 bits per heavy atom. The van der Waals surface area contributed by atoms with Crippen molar-refractivity contribution in [3.05, 3.63) is 48.0 Å². The van der Waals surface area contributed by atoms with E-state index in [9.17, 15) is 14.4 Å². The van der Waals surface area contributed by atoms with Crippen LogP contribution in [0.2, 0.25) is 0 Å². The van der Waals surface area contributed by atoms with E-state index in [2.05, 4.69) is 15.5 Å². The summed E-state index contributed by atoms with van der Waals surface area (Å²) in [5.74, 6) is -1.09. The molecule has 0 aliphatic carbocycles. The lowest BCUT2D eigenvalue weighted by Gasteiger charge is -2.26. The van der Waals surface area contributed by atoms with E-state index in [1.165, 1.54) is 0 Å². The average molecular weight is 458 g/mol. The van der Waals surface area contributed by atoms with Crippen molar-refractivity contribution in [1.29, 1.82) is 0 Å². The first-order valence-corrected chi connectivity index (χ1v) is 11.9. The van der Waals surface area contributed by atoms with E-state index >= 15 is 0 Å². The minimum absolute atomic E-state index is 0.122. The topological polar surface area (TPSA) is 97.0 Å². The minimum Gasteiger partial charge on any atom is -0.456 e. The van der Waals surface area contributed by atoms with Crippen LogP contribution in [0.25, 0.3) is 0 Å². The molecule has 2 heterocycles. The number of cyclic esters (lactones) is 1. The van der Waals surface area contributed by atoms with Crippen molar-refractivity contribution in [2.24, 2.45) is 5.92 Å². The van der Waals surface area contributed by atoms with E-state index in [0.717, 1.165) is 44.8 Å². The van der Waals surface area contributed by atoms with Crippen LogP contribution in [0, 0.1) is 5.92 Å². The first-order chi connectivity index (χ1) is 16.1. The molecule has 0 bridgehead atoms.